The lowest BCUT2D eigenvalue weighted by Gasteiger charge is -2.25. The molecule has 3 aliphatic carbocycles. The highest BCUT2D eigenvalue weighted by atomic mass is 16.3. The first-order chi connectivity index (χ1) is 27.8. The third-order valence-electron chi connectivity index (χ3n) is 11.9. The average Bonchev–Trinajstić information content (AvgIpc) is 3.74. The smallest absolute Gasteiger partial charge is 0.143 e. The fourth-order valence-corrected chi connectivity index (χ4v) is 8.74. The standard InChI is InChI=1S/C21H22.C19H14O.C16H18/c1-2-7-17-12-14-19(15-13-17)21-11-6-10-20(16-21)18-8-4-3-5-9-18;1-13-9-11-14(12-10-13)15-6-4-7-17-16-5-2-3-8-18(16)20-19(15)17;1-11-8-9-13-12-6-4-5-7-14(12)16(2,3)15(13)10-11/h3-4,6,8,10-16H,2,5,7,9H2,1H3;2-12H,1H3;4,6,8-10H,5,7H2,1-3H3. The second-order valence-electron chi connectivity index (χ2n) is 16.3. The lowest BCUT2D eigenvalue weighted by molar-refractivity contribution is 0.607. The van der Waals surface area contributed by atoms with Crippen LogP contribution in [-0.2, 0) is 11.8 Å². The van der Waals surface area contributed by atoms with Gasteiger partial charge in [0.15, 0.2) is 0 Å². The van der Waals surface area contributed by atoms with Crippen LogP contribution in [0.1, 0.15) is 86.3 Å². The molecule has 0 aliphatic heterocycles. The van der Waals surface area contributed by atoms with E-state index in [1.165, 1.54) is 97.7 Å². The van der Waals surface area contributed by atoms with E-state index in [1.54, 1.807) is 5.57 Å². The van der Waals surface area contributed by atoms with E-state index in [0.29, 0.717) is 0 Å². The zero-order valence-corrected chi connectivity index (χ0v) is 34.2. The van der Waals surface area contributed by atoms with Gasteiger partial charge in [0.2, 0.25) is 0 Å². The van der Waals surface area contributed by atoms with Gasteiger partial charge in [-0.3, -0.25) is 0 Å². The summed E-state index contributed by atoms with van der Waals surface area (Å²) >= 11 is 0. The Balaban J connectivity index is 0.000000121. The van der Waals surface area contributed by atoms with Crippen molar-refractivity contribution in [1.82, 2.24) is 0 Å². The molecular formula is C56H54O. The molecule has 284 valence electrons. The van der Waals surface area contributed by atoms with Crippen molar-refractivity contribution < 1.29 is 4.42 Å². The second kappa shape index (κ2) is 16.7. The molecule has 7 aromatic rings. The van der Waals surface area contributed by atoms with Gasteiger partial charge in [-0.05, 0) is 108 Å². The molecule has 0 radical (unpaired) electrons. The Morgan fingerprint density at radius 2 is 1.32 bits per heavy atom. The number of rotatable bonds is 5. The van der Waals surface area contributed by atoms with Gasteiger partial charge < -0.3 is 4.42 Å². The maximum Gasteiger partial charge on any atom is 0.143 e. The van der Waals surface area contributed by atoms with Crippen molar-refractivity contribution in [3.63, 3.8) is 0 Å². The number of hydrogen-bond donors (Lipinski definition) is 0. The van der Waals surface area contributed by atoms with Crippen molar-refractivity contribution in [1.29, 1.82) is 0 Å². The molecule has 0 bridgehead atoms. The minimum atomic E-state index is 0.238. The summed E-state index contributed by atoms with van der Waals surface area (Å²) in [7, 11) is 0. The molecular weight excluding hydrogens is 689 g/mol. The van der Waals surface area contributed by atoms with Crippen LogP contribution >= 0.6 is 0 Å². The van der Waals surface area contributed by atoms with E-state index in [1.807, 2.05) is 12.1 Å². The molecule has 1 heteroatoms. The number of para-hydroxylation sites is 2. The third-order valence-corrected chi connectivity index (χ3v) is 11.9. The van der Waals surface area contributed by atoms with E-state index in [9.17, 15) is 0 Å². The number of benzene rings is 6. The van der Waals surface area contributed by atoms with Crippen molar-refractivity contribution in [2.75, 3.05) is 0 Å². The molecule has 0 N–H and O–H groups in total. The van der Waals surface area contributed by atoms with Gasteiger partial charge in [0.1, 0.15) is 11.2 Å². The zero-order chi connectivity index (χ0) is 39.4. The second-order valence-corrected chi connectivity index (χ2v) is 16.3. The molecule has 0 fully saturated rings. The fourth-order valence-electron chi connectivity index (χ4n) is 8.74. The van der Waals surface area contributed by atoms with E-state index < -0.39 is 0 Å². The quantitative estimate of drug-likeness (QED) is 0.171. The molecule has 6 aromatic carbocycles. The minimum Gasteiger partial charge on any atom is -0.455 e. The SMILES string of the molecule is CCCc1ccc(-c2cccc(C3=CC=CCC3)c2)cc1.Cc1ccc(-c2cccc3c2oc2ccccc23)cc1.Cc1ccc2c(c1)C(C)(C)C1=C2C=CCC1. The lowest BCUT2D eigenvalue weighted by Crippen LogP contribution is -2.17. The Labute approximate surface area is 339 Å². The molecule has 1 aromatic heterocycles. The topological polar surface area (TPSA) is 13.1 Å². The maximum atomic E-state index is 6.07. The summed E-state index contributed by atoms with van der Waals surface area (Å²) in [6.45, 7) is 11.2. The van der Waals surface area contributed by atoms with Crippen LogP contribution in [0.25, 0.3) is 55.3 Å². The first kappa shape index (κ1) is 38.0. The summed E-state index contributed by atoms with van der Waals surface area (Å²) in [6, 6.07) is 47.9. The van der Waals surface area contributed by atoms with E-state index in [0.717, 1.165) is 29.6 Å². The molecule has 0 spiro atoms. The first-order valence-electron chi connectivity index (χ1n) is 20.8. The van der Waals surface area contributed by atoms with Crippen LogP contribution in [0, 0.1) is 13.8 Å². The summed E-state index contributed by atoms with van der Waals surface area (Å²) in [6.07, 6.45) is 18.4. The predicted molar refractivity (Wildman–Crippen MR) is 246 cm³/mol. The highest BCUT2D eigenvalue weighted by molar-refractivity contribution is 6.09. The maximum absolute atomic E-state index is 6.07. The normalized spacial score (nSPS) is 15.0. The molecule has 0 atom stereocenters. The lowest BCUT2D eigenvalue weighted by atomic mass is 9.78. The first-order valence-corrected chi connectivity index (χ1v) is 20.8. The molecule has 0 amide bonds. The number of aryl methyl sites for hydroxylation is 3. The highest BCUT2D eigenvalue weighted by Gasteiger charge is 2.37. The largest absolute Gasteiger partial charge is 0.455 e. The summed E-state index contributed by atoms with van der Waals surface area (Å²) < 4.78 is 6.07. The van der Waals surface area contributed by atoms with Gasteiger partial charge in [0, 0.05) is 21.8 Å². The van der Waals surface area contributed by atoms with E-state index in [-0.39, 0.29) is 5.41 Å². The number of furan rings is 1. The van der Waals surface area contributed by atoms with Gasteiger partial charge in [-0.15, -0.1) is 0 Å². The van der Waals surface area contributed by atoms with Crippen LogP contribution < -0.4 is 0 Å². The van der Waals surface area contributed by atoms with Gasteiger partial charge in [-0.1, -0.05) is 196 Å². The van der Waals surface area contributed by atoms with Crippen LogP contribution in [0.4, 0.5) is 0 Å². The summed E-state index contributed by atoms with van der Waals surface area (Å²) in [5.74, 6) is 0. The summed E-state index contributed by atoms with van der Waals surface area (Å²) in [5.41, 5.74) is 20.1. The molecule has 0 unspecified atom stereocenters. The Hall–Kier alpha value is -5.92. The molecule has 57 heavy (non-hydrogen) atoms. The molecule has 1 heterocycles. The van der Waals surface area contributed by atoms with Crippen molar-refractivity contribution in [2.24, 2.45) is 0 Å². The van der Waals surface area contributed by atoms with Crippen LogP contribution in [0.2, 0.25) is 0 Å². The van der Waals surface area contributed by atoms with Crippen molar-refractivity contribution in [3.05, 3.63) is 203 Å². The van der Waals surface area contributed by atoms with E-state index in [2.05, 4.69) is 186 Å². The Morgan fingerprint density at radius 3 is 2.11 bits per heavy atom. The van der Waals surface area contributed by atoms with Crippen LogP contribution in [-0.4, -0.2) is 0 Å². The van der Waals surface area contributed by atoms with E-state index in [4.69, 9.17) is 4.42 Å². The Kier molecular flexibility index (Phi) is 11.1. The Bertz CT molecular complexity index is 2650. The zero-order valence-electron chi connectivity index (χ0n) is 34.2. The van der Waals surface area contributed by atoms with Gasteiger partial charge in [-0.25, -0.2) is 0 Å². The van der Waals surface area contributed by atoms with Crippen molar-refractivity contribution in [3.8, 4) is 22.3 Å². The van der Waals surface area contributed by atoms with Crippen molar-refractivity contribution >= 4 is 33.1 Å². The van der Waals surface area contributed by atoms with Crippen LogP contribution in [0.3, 0.4) is 0 Å². The monoisotopic (exact) mass is 742 g/mol. The van der Waals surface area contributed by atoms with Gasteiger partial charge >= 0.3 is 0 Å². The third kappa shape index (κ3) is 8.03. The molecule has 0 saturated heterocycles. The minimum absolute atomic E-state index is 0.238. The highest BCUT2D eigenvalue weighted by Crippen LogP contribution is 2.50. The Morgan fingerprint density at radius 1 is 0.596 bits per heavy atom. The molecule has 10 rings (SSSR count). The van der Waals surface area contributed by atoms with E-state index >= 15 is 0 Å². The number of hydrogen-bond acceptors (Lipinski definition) is 1. The number of fused-ring (bicyclic) bond motifs is 5. The fraction of sp³-hybridized carbons (Fsp3) is 0.214. The average molecular weight is 743 g/mol. The van der Waals surface area contributed by atoms with Gasteiger partial charge in [0.25, 0.3) is 0 Å². The van der Waals surface area contributed by atoms with Gasteiger partial charge in [-0.2, -0.15) is 0 Å². The van der Waals surface area contributed by atoms with Crippen LogP contribution in [0.15, 0.2) is 174 Å². The number of allylic oxidation sites excluding steroid dienone is 8. The summed E-state index contributed by atoms with van der Waals surface area (Å²) in [4.78, 5) is 0. The molecule has 0 saturated carbocycles. The predicted octanol–water partition coefficient (Wildman–Crippen LogP) is 16.0. The summed E-state index contributed by atoms with van der Waals surface area (Å²) in [5, 5.41) is 2.36. The molecule has 1 nitrogen and oxygen atoms in total. The van der Waals surface area contributed by atoms with Gasteiger partial charge in [0.05, 0.1) is 0 Å². The molecule has 3 aliphatic rings. The van der Waals surface area contributed by atoms with Crippen molar-refractivity contribution in [2.45, 2.75) is 78.6 Å². The van der Waals surface area contributed by atoms with Crippen LogP contribution in [0.5, 0.6) is 0 Å².